The number of hydrogen-bond donors (Lipinski definition) is 0. The van der Waals surface area contributed by atoms with Gasteiger partial charge in [0.15, 0.2) is 0 Å². The van der Waals surface area contributed by atoms with Gasteiger partial charge in [0.25, 0.3) is 0 Å². The first-order chi connectivity index (χ1) is 14.4. The van der Waals surface area contributed by atoms with Gasteiger partial charge in [0.05, 0.1) is 0 Å². The van der Waals surface area contributed by atoms with E-state index >= 15 is 0 Å². The number of rotatable bonds is 26. The molecule has 0 radical (unpaired) electrons. The van der Waals surface area contributed by atoms with Crippen LogP contribution >= 0.6 is 11.8 Å². The lowest BCUT2D eigenvalue weighted by Gasteiger charge is -2.04. The maximum Gasteiger partial charge on any atom is -0.00262 e. The van der Waals surface area contributed by atoms with Gasteiger partial charge in [-0.15, -0.1) is 11.8 Å². The fourth-order valence-corrected chi connectivity index (χ4v) is 4.77. The molecule has 0 atom stereocenters. The molecule has 0 saturated carbocycles. The molecule has 0 aliphatic heterocycles. The van der Waals surface area contributed by atoms with Crippen molar-refractivity contribution in [2.45, 2.75) is 161 Å². The normalized spacial score (nSPS) is 11.2. The molecule has 0 aromatic carbocycles. The van der Waals surface area contributed by atoms with E-state index in [9.17, 15) is 0 Å². The Morgan fingerprint density at radius 1 is 0.414 bits per heavy atom. The van der Waals surface area contributed by atoms with Crippen molar-refractivity contribution in [3.63, 3.8) is 0 Å². The van der Waals surface area contributed by atoms with Crippen LogP contribution in [0.1, 0.15) is 161 Å². The minimum Gasteiger partial charge on any atom is -0.135 e. The van der Waals surface area contributed by atoms with E-state index in [1.807, 2.05) is 17.2 Å². The molecule has 0 spiro atoms. The summed E-state index contributed by atoms with van der Waals surface area (Å²) < 4.78 is 0. The van der Waals surface area contributed by atoms with Crippen LogP contribution in [0.25, 0.3) is 0 Å². The highest BCUT2D eigenvalue weighted by Crippen LogP contribution is 2.16. The molecule has 0 aromatic heterocycles. The lowest BCUT2D eigenvalue weighted by molar-refractivity contribution is 0.518. The summed E-state index contributed by atoms with van der Waals surface area (Å²) in [6.45, 7) is 6.06. The fraction of sp³-hybridized carbons (Fsp3) is 0.929. The predicted octanol–water partition coefficient (Wildman–Crippen LogP) is 11.2. The Bertz CT molecular complexity index is 286. The second-order valence-electron chi connectivity index (χ2n) is 9.17. The van der Waals surface area contributed by atoms with Crippen LogP contribution in [0.4, 0.5) is 0 Å². The summed E-state index contributed by atoms with van der Waals surface area (Å²) in [6, 6.07) is 0. The third kappa shape index (κ3) is 28.1. The van der Waals surface area contributed by atoms with Crippen molar-refractivity contribution in [1.29, 1.82) is 0 Å². The van der Waals surface area contributed by atoms with Crippen molar-refractivity contribution in [2.75, 3.05) is 5.75 Å². The summed E-state index contributed by atoms with van der Waals surface area (Å²) >= 11 is 1.86. The van der Waals surface area contributed by atoms with Gasteiger partial charge in [0.1, 0.15) is 0 Å². The van der Waals surface area contributed by atoms with Crippen molar-refractivity contribution in [1.82, 2.24) is 0 Å². The summed E-state index contributed by atoms with van der Waals surface area (Å²) in [7, 11) is 0. The van der Waals surface area contributed by atoms with Gasteiger partial charge in [-0.1, -0.05) is 161 Å². The molecule has 0 unspecified atom stereocenters. The minimum atomic E-state index is 1.27. The molecular formula is C28H56S. The zero-order valence-electron chi connectivity index (χ0n) is 20.4. The standard InChI is InChI=1S/C28H56S/c1-3-5-6-7-8-9-10-11-12-13-14-15-16-17-18-19-20-21-22-23-24-25-26-27-28-29-4-2/h4H,2-3,5-28H2,1H3. The van der Waals surface area contributed by atoms with Crippen LogP contribution in [0.3, 0.4) is 0 Å². The molecule has 29 heavy (non-hydrogen) atoms. The maximum atomic E-state index is 3.75. The predicted molar refractivity (Wildman–Crippen MR) is 139 cm³/mol. The van der Waals surface area contributed by atoms with E-state index in [4.69, 9.17) is 0 Å². The minimum absolute atomic E-state index is 1.27. The van der Waals surface area contributed by atoms with Crippen molar-refractivity contribution in [3.05, 3.63) is 12.0 Å². The molecule has 0 nitrogen and oxygen atoms in total. The van der Waals surface area contributed by atoms with Crippen LogP contribution in [0.15, 0.2) is 12.0 Å². The molecule has 1 heteroatoms. The first-order valence-electron chi connectivity index (χ1n) is 13.6. The quantitative estimate of drug-likeness (QED) is 0.124. The van der Waals surface area contributed by atoms with Crippen molar-refractivity contribution in [2.24, 2.45) is 0 Å². The molecule has 0 aromatic rings. The van der Waals surface area contributed by atoms with Crippen LogP contribution in [0, 0.1) is 0 Å². The first kappa shape index (κ1) is 29.1. The van der Waals surface area contributed by atoms with Gasteiger partial charge in [0.2, 0.25) is 0 Å². The van der Waals surface area contributed by atoms with Gasteiger partial charge in [-0.2, -0.15) is 0 Å². The van der Waals surface area contributed by atoms with Crippen LogP contribution in [0.2, 0.25) is 0 Å². The summed E-state index contributed by atoms with van der Waals surface area (Å²) in [6.07, 6.45) is 35.2. The molecule has 174 valence electrons. The SMILES string of the molecule is C=CSCCCCCCCCCCCCCCCCCCCCCCCCCC. The first-order valence-corrected chi connectivity index (χ1v) is 14.7. The highest BCUT2D eigenvalue weighted by atomic mass is 32.2. The Hall–Kier alpha value is 0.0900. The molecule has 0 rings (SSSR count). The summed E-state index contributed by atoms with van der Waals surface area (Å²) in [5.74, 6) is 1.27. The number of hydrogen-bond acceptors (Lipinski definition) is 1. The highest BCUT2D eigenvalue weighted by Gasteiger charge is 1.96. The molecule has 0 bridgehead atoms. The van der Waals surface area contributed by atoms with Crippen LogP contribution < -0.4 is 0 Å². The van der Waals surface area contributed by atoms with Gasteiger partial charge < -0.3 is 0 Å². The summed E-state index contributed by atoms with van der Waals surface area (Å²) in [4.78, 5) is 0. The lowest BCUT2D eigenvalue weighted by Crippen LogP contribution is -1.85. The molecule has 0 N–H and O–H groups in total. The zero-order valence-corrected chi connectivity index (χ0v) is 21.2. The van der Waals surface area contributed by atoms with E-state index < -0.39 is 0 Å². The average Bonchev–Trinajstić information content (AvgIpc) is 2.74. The van der Waals surface area contributed by atoms with Crippen molar-refractivity contribution < 1.29 is 0 Å². The van der Waals surface area contributed by atoms with E-state index in [2.05, 4.69) is 13.5 Å². The third-order valence-corrected chi connectivity index (χ3v) is 6.99. The monoisotopic (exact) mass is 424 g/mol. The van der Waals surface area contributed by atoms with Gasteiger partial charge >= 0.3 is 0 Å². The highest BCUT2D eigenvalue weighted by molar-refractivity contribution is 8.02. The topological polar surface area (TPSA) is 0 Å². The average molecular weight is 425 g/mol. The Kier molecular flexibility index (Phi) is 28.2. The Balaban J connectivity index is 2.97. The smallest absolute Gasteiger partial charge is 0.00262 e. The van der Waals surface area contributed by atoms with Gasteiger partial charge in [-0.3, -0.25) is 0 Å². The van der Waals surface area contributed by atoms with Crippen LogP contribution in [-0.4, -0.2) is 5.75 Å². The van der Waals surface area contributed by atoms with Crippen LogP contribution in [0.5, 0.6) is 0 Å². The maximum absolute atomic E-state index is 3.75. The van der Waals surface area contributed by atoms with E-state index in [0.29, 0.717) is 0 Å². The molecule has 0 aliphatic carbocycles. The molecule has 0 aliphatic rings. The zero-order chi connectivity index (χ0) is 21.1. The molecule has 0 heterocycles. The Labute approximate surface area is 190 Å². The van der Waals surface area contributed by atoms with Crippen molar-refractivity contribution >= 4 is 11.8 Å². The Morgan fingerprint density at radius 2 is 0.655 bits per heavy atom. The summed E-state index contributed by atoms with van der Waals surface area (Å²) in [5, 5.41) is 1.97. The molecule has 0 saturated heterocycles. The van der Waals surface area contributed by atoms with E-state index in [0.717, 1.165) is 0 Å². The number of unbranched alkanes of at least 4 members (excludes halogenated alkanes) is 23. The number of thioether (sulfide) groups is 1. The van der Waals surface area contributed by atoms with E-state index in [-0.39, 0.29) is 0 Å². The third-order valence-electron chi connectivity index (χ3n) is 6.23. The second-order valence-corrected chi connectivity index (χ2v) is 10.2. The largest absolute Gasteiger partial charge is 0.135 e. The second kappa shape index (κ2) is 28.1. The summed E-state index contributed by atoms with van der Waals surface area (Å²) in [5.41, 5.74) is 0. The van der Waals surface area contributed by atoms with Crippen molar-refractivity contribution in [3.8, 4) is 0 Å². The fourth-order valence-electron chi connectivity index (χ4n) is 4.23. The van der Waals surface area contributed by atoms with E-state index in [1.165, 1.54) is 160 Å². The van der Waals surface area contributed by atoms with Crippen LogP contribution in [-0.2, 0) is 0 Å². The van der Waals surface area contributed by atoms with Gasteiger partial charge in [-0.05, 0) is 17.6 Å². The van der Waals surface area contributed by atoms with Gasteiger partial charge in [0, 0.05) is 0 Å². The Morgan fingerprint density at radius 3 is 0.897 bits per heavy atom. The lowest BCUT2D eigenvalue weighted by atomic mass is 10.0. The molecule has 0 fully saturated rings. The molecular weight excluding hydrogens is 368 g/mol. The van der Waals surface area contributed by atoms with Gasteiger partial charge in [-0.25, -0.2) is 0 Å². The van der Waals surface area contributed by atoms with E-state index in [1.54, 1.807) is 0 Å². The molecule has 0 amide bonds.